The molecule has 2 saturated carbocycles. The minimum Gasteiger partial charge on any atom is -0.396 e. The van der Waals surface area contributed by atoms with Crippen LogP contribution in [0.25, 0.3) is 0 Å². The predicted octanol–water partition coefficient (Wildman–Crippen LogP) is 4.08. The predicted molar refractivity (Wildman–Crippen MR) is 90.4 cm³/mol. The second-order valence-corrected chi connectivity index (χ2v) is 8.84. The maximum absolute atomic E-state index is 10.5. The summed E-state index contributed by atoms with van der Waals surface area (Å²) in [6, 6.07) is 0. The summed E-state index contributed by atoms with van der Waals surface area (Å²) in [5.74, 6) is 1.04. The Balaban J connectivity index is 1.98. The van der Waals surface area contributed by atoms with Crippen LogP contribution in [-0.4, -0.2) is 22.9 Å². The van der Waals surface area contributed by atoms with Gasteiger partial charge in [-0.25, -0.2) is 0 Å². The number of hydrogen-bond donors (Lipinski definition) is 2. The molecule has 6 atom stereocenters. The third-order valence-electron chi connectivity index (χ3n) is 7.57. The maximum atomic E-state index is 10.5. The van der Waals surface area contributed by atoms with Gasteiger partial charge in [0.05, 0.1) is 12.7 Å². The van der Waals surface area contributed by atoms with Crippen molar-refractivity contribution in [3.05, 3.63) is 24.3 Å². The molecule has 3 rings (SSSR count). The topological polar surface area (TPSA) is 40.5 Å². The second-order valence-electron chi connectivity index (χ2n) is 8.84. The Morgan fingerprint density at radius 2 is 1.95 bits per heavy atom. The highest BCUT2D eigenvalue weighted by molar-refractivity contribution is 5.27. The van der Waals surface area contributed by atoms with Gasteiger partial charge in [-0.05, 0) is 55.8 Å². The molecule has 0 unspecified atom stereocenters. The largest absolute Gasteiger partial charge is 0.396 e. The first-order chi connectivity index (χ1) is 10.3. The van der Waals surface area contributed by atoms with Crippen LogP contribution in [0.2, 0.25) is 0 Å². The van der Waals surface area contributed by atoms with E-state index >= 15 is 0 Å². The van der Waals surface area contributed by atoms with Gasteiger partial charge in [0.25, 0.3) is 0 Å². The molecule has 3 aliphatic rings. The van der Waals surface area contributed by atoms with Gasteiger partial charge >= 0.3 is 0 Å². The number of aliphatic hydroxyl groups is 2. The summed E-state index contributed by atoms with van der Waals surface area (Å²) in [6.45, 7) is 10.9. The Labute approximate surface area is 135 Å². The van der Waals surface area contributed by atoms with E-state index in [2.05, 4.69) is 39.5 Å². The zero-order valence-corrected chi connectivity index (χ0v) is 14.4. The van der Waals surface area contributed by atoms with E-state index in [-0.39, 0.29) is 29.0 Å². The minimum absolute atomic E-state index is 0.102. The van der Waals surface area contributed by atoms with E-state index < -0.39 is 0 Å². The molecule has 2 heteroatoms. The van der Waals surface area contributed by atoms with Gasteiger partial charge in [-0.3, -0.25) is 0 Å². The van der Waals surface area contributed by atoms with E-state index in [0.717, 1.165) is 25.7 Å². The van der Waals surface area contributed by atoms with Crippen LogP contribution in [0.15, 0.2) is 24.3 Å². The van der Waals surface area contributed by atoms with Crippen molar-refractivity contribution in [1.29, 1.82) is 0 Å². The van der Waals surface area contributed by atoms with Gasteiger partial charge in [0.1, 0.15) is 0 Å². The smallest absolute Gasteiger partial charge is 0.0618 e. The molecule has 0 bridgehead atoms. The van der Waals surface area contributed by atoms with Gasteiger partial charge in [-0.15, -0.1) is 6.58 Å². The highest BCUT2D eigenvalue weighted by atomic mass is 16.3. The number of aliphatic hydroxyl groups excluding tert-OH is 2. The summed E-state index contributed by atoms with van der Waals surface area (Å²) in [5.41, 5.74) is 1.66. The van der Waals surface area contributed by atoms with Gasteiger partial charge in [-0.2, -0.15) is 0 Å². The van der Waals surface area contributed by atoms with Crippen molar-refractivity contribution in [3.63, 3.8) is 0 Å². The molecule has 2 fully saturated rings. The fourth-order valence-corrected chi connectivity index (χ4v) is 5.94. The molecule has 0 heterocycles. The molecule has 22 heavy (non-hydrogen) atoms. The Kier molecular flexibility index (Phi) is 3.85. The summed E-state index contributed by atoms with van der Waals surface area (Å²) in [7, 11) is 0. The highest BCUT2D eigenvalue weighted by Gasteiger charge is 2.58. The van der Waals surface area contributed by atoms with Crippen LogP contribution in [0.1, 0.15) is 59.3 Å². The fourth-order valence-electron chi connectivity index (χ4n) is 5.94. The lowest BCUT2D eigenvalue weighted by Gasteiger charge is -2.61. The Morgan fingerprint density at radius 3 is 2.59 bits per heavy atom. The molecule has 0 aromatic carbocycles. The molecule has 0 radical (unpaired) electrons. The monoisotopic (exact) mass is 304 g/mol. The standard InChI is InChI=1S/C20H32O2/c1-5-18(2)10-8-15-14(12-18)6-7-16-19(15,3)11-9-17(22)20(16,4)13-21/h5,12,15-17,21-22H,1,6-11,13H2,2-4H3/t15-,16+,17-,18-,19+,20-/m1/s1. The quantitative estimate of drug-likeness (QED) is 0.755. The number of rotatable bonds is 2. The van der Waals surface area contributed by atoms with E-state index in [9.17, 15) is 10.2 Å². The molecular weight excluding hydrogens is 272 g/mol. The van der Waals surface area contributed by atoms with Crippen LogP contribution in [-0.2, 0) is 0 Å². The lowest BCUT2D eigenvalue weighted by Crippen LogP contribution is -2.58. The zero-order chi connectivity index (χ0) is 16.2. The number of allylic oxidation sites excluding steroid dienone is 3. The van der Waals surface area contributed by atoms with E-state index in [1.165, 1.54) is 12.8 Å². The second kappa shape index (κ2) is 5.21. The average Bonchev–Trinajstić information content (AvgIpc) is 2.51. The van der Waals surface area contributed by atoms with Gasteiger partial charge in [0, 0.05) is 10.8 Å². The van der Waals surface area contributed by atoms with Crippen molar-refractivity contribution >= 4 is 0 Å². The summed E-state index contributed by atoms with van der Waals surface area (Å²) in [6.07, 6.45) is 10.8. The van der Waals surface area contributed by atoms with Crippen molar-refractivity contribution in [2.75, 3.05) is 6.61 Å². The first-order valence-electron chi connectivity index (χ1n) is 8.93. The summed E-state index contributed by atoms with van der Waals surface area (Å²) in [5, 5.41) is 20.5. The van der Waals surface area contributed by atoms with Crippen LogP contribution in [0.3, 0.4) is 0 Å². The van der Waals surface area contributed by atoms with Crippen LogP contribution in [0.5, 0.6) is 0 Å². The zero-order valence-electron chi connectivity index (χ0n) is 14.4. The van der Waals surface area contributed by atoms with Crippen LogP contribution < -0.4 is 0 Å². The van der Waals surface area contributed by atoms with Gasteiger partial charge in [0.15, 0.2) is 0 Å². The molecule has 0 aromatic rings. The van der Waals surface area contributed by atoms with Crippen molar-refractivity contribution in [2.45, 2.75) is 65.4 Å². The van der Waals surface area contributed by atoms with Gasteiger partial charge < -0.3 is 10.2 Å². The molecule has 124 valence electrons. The van der Waals surface area contributed by atoms with Crippen LogP contribution in [0, 0.1) is 28.1 Å². The van der Waals surface area contributed by atoms with E-state index in [1.54, 1.807) is 5.57 Å². The molecule has 0 amide bonds. The Morgan fingerprint density at radius 1 is 1.23 bits per heavy atom. The first kappa shape index (κ1) is 16.3. The molecule has 0 spiro atoms. The third-order valence-corrected chi connectivity index (χ3v) is 7.57. The fraction of sp³-hybridized carbons (Fsp3) is 0.800. The molecule has 3 aliphatic carbocycles. The van der Waals surface area contributed by atoms with Crippen molar-refractivity contribution in [2.24, 2.45) is 28.1 Å². The summed E-state index contributed by atoms with van der Waals surface area (Å²) < 4.78 is 0. The van der Waals surface area contributed by atoms with Crippen molar-refractivity contribution in [3.8, 4) is 0 Å². The average molecular weight is 304 g/mol. The minimum atomic E-state index is -0.358. The normalized spacial score (nSPS) is 51.5. The van der Waals surface area contributed by atoms with Gasteiger partial charge in [0.2, 0.25) is 0 Å². The Hall–Kier alpha value is -0.600. The van der Waals surface area contributed by atoms with Crippen molar-refractivity contribution in [1.82, 2.24) is 0 Å². The van der Waals surface area contributed by atoms with Crippen molar-refractivity contribution < 1.29 is 10.2 Å². The van der Waals surface area contributed by atoms with Crippen LogP contribution >= 0.6 is 0 Å². The molecule has 2 nitrogen and oxygen atoms in total. The van der Waals surface area contributed by atoms with Crippen LogP contribution in [0.4, 0.5) is 0 Å². The summed E-state index contributed by atoms with van der Waals surface area (Å²) in [4.78, 5) is 0. The lowest BCUT2D eigenvalue weighted by molar-refractivity contribution is -0.153. The number of hydrogen-bond acceptors (Lipinski definition) is 2. The molecule has 0 aliphatic heterocycles. The van der Waals surface area contributed by atoms with E-state index in [1.807, 2.05) is 0 Å². The maximum Gasteiger partial charge on any atom is 0.0618 e. The molecule has 2 N–H and O–H groups in total. The van der Waals surface area contributed by atoms with E-state index in [4.69, 9.17) is 0 Å². The molecule has 0 aromatic heterocycles. The summed E-state index contributed by atoms with van der Waals surface area (Å²) >= 11 is 0. The highest BCUT2D eigenvalue weighted by Crippen LogP contribution is 2.63. The molecule has 0 saturated heterocycles. The third kappa shape index (κ3) is 2.14. The SMILES string of the molecule is C=C[C@@]1(C)C=C2CC[C@@H]3[C@@](C)(CO)[C@H](O)CC[C@@]3(C)[C@@H]2CC1. The first-order valence-corrected chi connectivity index (χ1v) is 8.93. The molecular formula is C20H32O2. The van der Waals surface area contributed by atoms with Gasteiger partial charge in [-0.1, -0.05) is 38.5 Å². The number of fused-ring (bicyclic) bond motifs is 3. The lowest BCUT2D eigenvalue weighted by atomic mass is 9.44. The van der Waals surface area contributed by atoms with E-state index in [0.29, 0.717) is 11.8 Å². The Bertz CT molecular complexity index is 496.